The van der Waals surface area contributed by atoms with Gasteiger partial charge in [-0.1, -0.05) is 217 Å². The first kappa shape index (κ1) is 54.0. The second-order valence-corrected chi connectivity index (χ2v) is 24.2. The number of para-hydroxylation sites is 1. The number of hydrogen-bond acceptors (Lipinski definition) is 2. The average Bonchev–Trinajstić information content (AvgIpc) is 3.99. The second-order valence-electron chi connectivity index (χ2n) is 24.2. The molecule has 0 aliphatic heterocycles. The molecule has 0 saturated carbocycles. The maximum Gasteiger partial charge on any atom is 0.267 e. The molecule has 390 valence electrons. The zero-order valence-corrected chi connectivity index (χ0v) is 49.1. The van der Waals surface area contributed by atoms with Crippen molar-refractivity contribution in [3.05, 3.63) is 233 Å². The molecule has 76 heavy (non-hydrogen) atoms. The number of imidazole rings is 1. The number of benzene rings is 7. The first-order chi connectivity index (χ1) is 35.6. The van der Waals surface area contributed by atoms with E-state index in [4.69, 9.17) is 9.72 Å². The molecular formula is C70H72N4OPt-2. The van der Waals surface area contributed by atoms with Gasteiger partial charge in [0.05, 0.1) is 11.4 Å². The largest absolute Gasteiger partial charge is 0.510 e. The van der Waals surface area contributed by atoms with Crippen molar-refractivity contribution < 1.29 is 30.4 Å². The summed E-state index contributed by atoms with van der Waals surface area (Å²) in [4.78, 5) is 5.07. The first-order valence-corrected chi connectivity index (χ1v) is 26.8. The fourth-order valence-corrected chi connectivity index (χ4v) is 10.8. The van der Waals surface area contributed by atoms with Crippen LogP contribution in [0.4, 0.5) is 0 Å². The number of aromatic nitrogens is 4. The van der Waals surface area contributed by atoms with Crippen LogP contribution in [0.5, 0.6) is 11.5 Å². The van der Waals surface area contributed by atoms with E-state index in [1.165, 1.54) is 38.9 Å². The van der Waals surface area contributed by atoms with E-state index in [0.29, 0.717) is 11.5 Å². The van der Waals surface area contributed by atoms with Crippen molar-refractivity contribution in [3.63, 3.8) is 0 Å². The van der Waals surface area contributed by atoms with Crippen LogP contribution >= 0.6 is 0 Å². The van der Waals surface area contributed by atoms with Gasteiger partial charge in [-0.05, 0) is 114 Å². The van der Waals surface area contributed by atoms with E-state index in [1.54, 1.807) is 0 Å². The normalized spacial score (nSPS) is 12.5. The smallest absolute Gasteiger partial charge is 0.267 e. The van der Waals surface area contributed by atoms with Crippen LogP contribution in [0, 0.1) is 18.5 Å². The standard InChI is InChI=1S/C70H72N4O.Pt/c1-46(2)57-32-24-33-58(47(3)4)65(57)63-44-72(53-30-23-29-50(37-53)67(5,6)7)45-73(63)54-38-52(69(11,12)48-25-17-15-18-26-48)39-55(41-54)75-56-42-60(70(13,14)49-27-19-16-20-28-49)66-59-31-21-22-34-61(59)74(62(66)43-56)64-40-51(35-36-71-64)68(8,9)10;/h15-40,42,44,46-47H,1-14H3;/q-2;. The third-order valence-corrected chi connectivity index (χ3v) is 15.5. The second kappa shape index (κ2) is 20.6. The quantitative estimate of drug-likeness (QED) is 0.0903. The Hall–Kier alpha value is -6.81. The Kier molecular flexibility index (Phi) is 14.6. The summed E-state index contributed by atoms with van der Waals surface area (Å²) >= 11 is 0. The molecule has 0 amide bonds. The Balaban J connectivity index is 0.00000706. The minimum absolute atomic E-state index is 0. The number of rotatable bonds is 12. The molecule has 0 atom stereocenters. The average molecular weight is 1180 g/mol. The van der Waals surface area contributed by atoms with Crippen molar-refractivity contribution in [2.45, 2.75) is 130 Å². The van der Waals surface area contributed by atoms with E-state index in [9.17, 15) is 0 Å². The molecule has 10 aromatic rings. The number of pyridine rings is 1. The van der Waals surface area contributed by atoms with E-state index in [-0.39, 0.29) is 43.7 Å². The van der Waals surface area contributed by atoms with Crippen molar-refractivity contribution in [2.75, 3.05) is 0 Å². The van der Waals surface area contributed by atoms with Crippen molar-refractivity contribution >= 4 is 21.8 Å². The Labute approximate surface area is 466 Å². The molecule has 0 fully saturated rings. The predicted octanol–water partition coefficient (Wildman–Crippen LogP) is 17.6. The zero-order valence-electron chi connectivity index (χ0n) is 46.8. The van der Waals surface area contributed by atoms with E-state index in [0.717, 1.165) is 55.8 Å². The maximum absolute atomic E-state index is 7.39. The molecule has 5 nitrogen and oxygen atoms in total. The molecule has 0 bridgehead atoms. The molecule has 0 aliphatic carbocycles. The molecule has 3 aromatic heterocycles. The topological polar surface area (TPSA) is 35.9 Å². The van der Waals surface area contributed by atoms with Gasteiger partial charge in [-0.2, -0.15) is 6.07 Å². The number of hydrogen-bond donors (Lipinski definition) is 0. The van der Waals surface area contributed by atoms with Gasteiger partial charge in [0.25, 0.3) is 6.33 Å². The monoisotopic (exact) mass is 1180 g/mol. The van der Waals surface area contributed by atoms with Crippen molar-refractivity contribution in [1.82, 2.24) is 14.1 Å². The van der Waals surface area contributed by atoms with Crippen LogP contribution in [-0.2, 0) is 42.7 Å². The summed E-state index contributed by atoms with van der Waals surface area (Å²) in [5.41, 5.74) is 14.7. The van der Waals surface area contributed by atoms with Gasteiger partial charge in [-0.25, -0.2) is 4.98 Å². The van der Waals surface area contributed by atoms with Gasteiger partial charge in [0.1, 0.15) is 5.82 Å². The van der Waals surface area contributed by atoms with Crippen molar-refractivity contribution in [2.24, 2.45) is 0 Å². The molecule has 7 aromatic carbocycles. The Morgan fingerprint density at radius 3 is 1.74 bits per heavy atom. The molecule has 0 saturated heterocycles. The van der Waals surface area contributed by atoms with Gasteiger partial charge >= 0.3 is 0 Å². The molecular weight excluding hydrogens is 1110 g/mol. The Morgan fingerprint density at radius 1 is 0.539 bits per heavy atom. The third kappa shape index (κ3) is 10.2. The van der Waals surface area contributed by atoms with E-state index in [2.05, 4.69) is 293 Å². The molecule has 0 aliphatic rings. The fraction of sp³-hybridized carbons (Fsp3) is 0.286. The third-order valence-electron chi connectivity index (χ3n) is 15.5. The minimum Gasteiger partial charge on any atom is -0.510 e. The zero-order chi connectivity index (χ0) is 53.2. The fourth-order valence-electron chi connectivity index (χ4n) is 10.8. The summed E-state index contributed by atoms with van der Waals surface area (Å²) in [6.07, 6.45) is 8.09. The Morgan fingerprint density at radius 2 is 1.11 bits per heavy atom. The van der Waals surface area contributed by atoms with Crippen molar-refractivity contribution in [1.29, 1.82) is 0 Å². The summed E-state index contributed by atoms with van der Waals surface area (Å²) in [5.74, 6) is 2.55. The van der Waals surface area contributed by atoms with E-state index >= 15 is 0 Å². The van der Waals surface area contributed by atoms with Crippen LogP contribution in [0.15, 0.2) is 170 Å². The molecule has 0 N–H and O–H groups in total. The molecule has 0 radical (unpaired) electrons. The number of nitrogens with zero attached hydrogens (tertiary/aromatic N) is 4. The SMILES string of the molecule is CC(C)c1cccc(C(C)C)c1-c1c[n+](-c2cccc(C(C)(C)C)c2)[c-]n1-c1[c-]c(Oc2[c-]c3c(c(C(C)(C)c4ccccc4)c2)c2ccccc2n3-c2cc(C(C)(C)C)ccn2)cc(C(C)(C)c2ccccc2)c1.[Pt]. The number of fused-ring (bicyclic) bond motifs is 3. The Bertz CT molecular complexity index is 3690. The van der Waals surface area contributed by atoms with Crippen LogP contribution in [0.2, 0.25) is 0 Å². The van der Waals surface area contributed by atoms with E-state index in [1.807, 2.05) is 6.20 Å². The van der Waals surface area contributed by atoms with Crippen LogP contribution in [-0.4, -0.2) is 14.1 Å². The summed E-state index contributed by atoms with van der Waals surface area (Å²) in [5, 5.41) is 2.26. The van der Waals surface area contributed by atoms with Gasteiger partial charge in [-0.3, -0.25) is 4.57 Å². The molecule has 10 rings (SSSR count). The van der Waals surface area contributed by atoms with Crippen LogP contribution < -0.4 is 9.30 Å². The molecule has 0 unspecified atom stereocenters. The van der Waals surface area contributed by atoms with Crippen LogP contribution in [0.25, 0.3) is 50.3 Å². The summed E-state index contributed by atoms with van der Waals surface area (Å²) in [6.45, 7) is 31.9. The summed E-state index contributed by atoms with van der Waals surface area (Å²) in [6, 6.07) is 64.7. The number of ether oxygens (including phenoxy) is 1. The van der Waals surface area contributed by atoms with Gasteiger partial charge in [0.15, 0.2) is 0 Å². The maximum atomic E-state index is 7.39. The summed E-state index contributed by atoms with van der Waals surface area (Å²) in [7, 11) is 0. The first-order valence-electron chi connectivity index (χ1n) is 26.8. The van der Waals surface area contributed by atoms with Gasteiger partial charge < -0.3 is 13.9 Å². The predicted molar refractivity (Wildman–Crippen MR) is 311 cm³/mol. The van der Waals surface area contributed by atoms with Crippen LogP contribution in [0.3, 0.4) is 0 Å². The minimum atomic E-state index is -0.445. The van der Waals surface area contributed by atoms with Gasteiger partial charge in [0, 0.05) is 50.5 Å². The van der Waals surface area contributed by atoms with Gasteiger partial charge in [-0.15, -0.1) is 35.4 Å². The summed E-state index contributed by atoms with van der Waals surface area (Å²) < 4.78 is 14.0. The van der Waals surface area contributed by atoms with E-state index < -0.39 is 10.8 Å². The van der Waals surface area contributed by atoms with Crippen LogP contribution in [0.1, 0.15) is 153 Å². The molecule has 0 spiro atoms. The van der Waals surface area contributed by atoms with Crippen molar-refractivity contribution in [3.8, 4) is 39.9 Å². The molecule has 6 heteroatoms. The van der Waals surface area contributed by atoms with Gasteiger partial charge in [0.2, 0.25) is 0 Å². The molecule has 3 heterocycles.